The molecular formula is C21H17BrN2O5. The molecule has 0 heterocycles. The van der Waals surface area contributed by atoms with Gasteiger partial charge in [0, 0.05) is 22.6 Å². The number of amides is 1. The van der Waals surface area contributed by atoms with E-state index in [1.54, 1.807) is 25.1 Å². The first-order valence-corrected chi connectivity index (χ1v) is 9.31. The number of hydrogen-bond donors (Lipinski definition) is 1. The quantitative estimate of drug-likeness (QED) is 0.303. The Balaban J connectivity index is 2.23. The second-order valence-corrected chi connectivity index (χ2v) is 6.61. The van der Waals surface area contributed by atoms with Crippen LogP contribution in [0, 0.1) is 11.3 Å². The molecule has 0 atom stereocenters. The van der Waals surface area contributed by atoms with Gasteiger partial charge in [0.05, 0.1) is 12.2 Å². The molecule has 2 aromatic carbocycles. The van der Waals surface area contributed by atoms with E-state index in [1.807, 2.05) is 6.07 Å². The van der Waals surface area contributed by atoms with E-state index in [9.17, 15) is 19.6 Å². The van der Waals surface area contributed by atoms with E-state index >= 15 is 0 Å². The zero-order valence-corrected chi connectivity index (χ0v) is 17.3. The lowest BCUT2D eigenvalue weighted by molar-refractivity contribution is -0.131. The summed E-state index contributed by atoms with van der Waals surface area (Å²) in [5, 5.41) is 12.0. The van der Waals surface area contributed by atoms with Crippen LogP contribution in [0.3, 0.4) is 0 Å². The van der Waals surface area contributed by atoms with Crippen molar-refractivity contribution in [2.24, 2.45) is 0 Å². The summed E-state index contributed by atoms with van der Waals surface area (Å²) in [6.45, 7) is 3.23. The maximum atomic E-state index is 12.5. The minimum Gasteiger partial charge on any atom is -0.462 e. The van der Waals surface area contributed by atoms with E-state index in [2.05, 4.69) is 21.2 Å². The fourth-order valence-corrected chi connectivity index (χ4v) is 2.67. The third-order valence-electron chi connectivity index (χ3n) is 3.54. The Morgan fingerprint density at radius 3 is 2.45 bits per heavy atom. The van der Waals surface area contributed by atoms with E-state index in [-0.39, 0.29) is 17.9 Å². The Morgan fingerprint density at radius 1 is 1.17 bits per heavy atom. The maximum Gasteiger partial charge on any atom is 0.338 e. The SMILES string of the molecule is CCOC(=O)c1ccc(NC(=O)/C(C#N)=C/c2cc(Br)ccc2OC(C)=O)cc1. The van der Waals surface area contributed by atoms with E-state index in [0.29, 0.717) is 21.3 Å². The molecule has 0 aliphatic rings. The van der Waals surface area contributed by atoms with Gasteiger partial charge in [0.1, 0.15) is 17.4 Å². The number of ether oxygens (including phenoxy) is 2. The van der Waals surface area contributed by atoms with Crippen LogP contribution in [0.1, 0.15) is 29.8 Å². The van der Waals surface area contributed by atoms with E-state index in [1.165, 1.54) is 37.3 Å². The van der Waals surface area contributed by atoms with Gasteiger partial charge in [0.15, 0.2) is 0 Å². The highest BCUT2D eigenvalue weighted by molar-refractivity contribution is 9.10. The van der Waals surface area contributed by atoms with Crippen LogP contribution in [0.15, 0.2) is 52.5 Å². The van der Waals surface area contributed by atoms with E-state index < -0.39 is 17.8 Å². The van der Waals surface area contributed by atoms with Crippen LogP contribution >= 0.6 is 15.9 Å². The Hall–Kier alpha value is -3.44. The van der Waals surface area contributed by atoms with Gasteiger partial charge in [-0.3, -0.25) is 9.59 Å². The number of nitriles is 1. The fraction of sp³-hybridized carbons (Fsp3) is 0.143. The van der Waals surface area contributed by atoms with Crippen LogP contribution < -0.4 is 10.1 Å². The summed E-state index contributed by atoms with van der Waals surface area (Å²) >= 11 is 3.30. The number of rotatable bonds is 6. The number of carbonyl (C=O) groups excluding carboxylic acids is 3. The van der Waals surface area contributed by atoms with E-state index in [0.717, 1.165) is 0 Å². The van der Waals surface area contributed by atoms with Crippen LogP contribution in [0.25, 0.3) is 6.08 Å². The topological polar surface area (TPSA) is 105 Å². The summed E-state index contributed by atoms with van der Waals surface area (Å²) < 4.78 is 10.7. The number of halogens is 1. The average molecular weight is 457 g/mol. The van der Waals surface area contributed by atoms with Crippen molar-refractivity contribution in [1.29, 1.82) is 5.26 Å². The Morgan fingerprint density at radius 2 is 1.86 bits per heavy atom. The van der Waals surface area contributed by atoms with Crippen LogP contribution in [0.5, 0.6) is 5.75 Å². The molecule has 148 valence electrons. The van der Waals surface area contributed by atoms with Crippen LogP contribution in [-0.2, 0) is 14.3 Å². The minimum absolute atomic E-state index is 0.189. The van der Waals surface area contributed by atoms with Gasteiger partial charge >= 0.3 is 11.9 Å². The second-order valence-electron chi connectivity index (χ2n) is 5.70. The van der Waals surface area contributed by atoms with Gasteiger partial charge in [0.2, 0.25) is 0 Å². The Kier molecular flexibility index (Phi) is 7.69. The molecule has 0 saturated carbocycles. The Bertz CT molecular complexity index is 1010. The van der Waals surface area contributed by atoms with Crippen molar-refractivity contribution in [1.82, 2.24) is 0 Å². The van der Waals surface area contributed by atoms with Crippen molar-refractivity contribution < 1.29 is 23.9 Å². The molecule has 0 aliphatic carbocycles. The molecule has 0 bridgehead atoms. The second kappa shape index (κ2) is 10.2. The van der Waals surface area contributed by atoms with Crippen molar-refractivity contribution in [3.63, 3.8) is 0 Å². The molecule has 7 nitrogen and oxygen atoms in total. The number of hydrogen-bond acceptors (Lipinski definition) is 6. The predicted molar refractivity (Wildman–Crippen MR) is 110 cm³/mol. The smallest absolute Gasteiger partial charge is 0.338 e. The summed E-state index contributed by atoms with van der Waals surface area (Å²) in [6, 6.07) is 12.8. The molecule has 0 spiro atoms. The van der Waals surface area contributed by atoms with Gasteiger partial charge in [-0.25, -0.2) is 4.79 Å². The molecule has 0 saturated heterocycles. The molecule has 1 N–H and O–H groups in total. The summed E-state index contributed by atoms with van der Waals surface area (Å²) in [7, 11) is 0. The van der Waals surface area contributed by atoms with Gasteiger partial charge in [-0.05, 0) is 55.5 Å². The third kappa shape index (κ3) is 6.30. The summed E-state index contributed by atoms with van der Waals surface area (Å²) in [6.07, 6.45) is 1.32. The maximum absolute atomic E-state index is 12.5. The number of nitrogens with zero attached hydrogens (tertiary/aromatic N) is 1. The normalized spacial score (nSPS) is 10.6. The molecule has 2 aromatic rings. The minimum atomic E-state index is -0.648. The lowest BCUT2D eigenvalue weighted by Crippen LogP contribution is -2.14. The number of benzene rings is 2. The molecule has 0 fully saturated rings. The predicted octanol–water partition coefficient (Wildman–Crippen LogP) is 4.10. The molecule has 0 radical (unpaired) electrons. The number of esters is 2. The fourth-order valence-electron chi connectivity index (χ4n) is 2.29. The summed E-state index contributed by atoms with van der Waals surface area (Å²) in [4.78, 5) is 35.4. The highest BCUT2D eigenvalue weighted by Gasteiger charge is 2.13. The van der Waals surface area contributed by atoms with Gasteiger partial charge < -0.3 is 14.8 Å². The van der Waals surface area contributed by atoms with Gasteiger partial charge in [0.25, 0.3) is 5.91 Å². The zero-order chi connectivity index (χ0) is 21.4. The van der Waals surface area contributed by atoms with Crippen molar-refractivity contribution in [2.45, 2.75) is 13.8 Å². The summed E-state index contributed by atoms with van der Waals surface area (Å²) in [5.41, 5.74) is 0.949. The van der Waals surface area contributed by atoms with Crippen molar-refractivity contribution in [3.05, 3.63) is 63.6 Å². The van der Waals surface area contributed by atoms with Gasteiger partial charge in [-0.2, -0.15) is 5.26 Å². The first kappa shape index (κ1) is 21.9. The van der Waals surface area contributed by atoms with Crippen molar-refractivity contribution in [2.75, 3.05) is 11.9 Å². The summed E-state index contributed by atoms with van der Waals surface area (Å²) in [5.74, 6) is -1.41. The number of carbonyl (C=O) groups is 3. The van der Waals surface area contributed by atoms with Crippen LogP contribution in [0.4, 0.5) is 5.69 Å². The highest BCUT2D eigenvalue weighted by Crippen LogP contribution is 2.26. The number of nitrogens with one attached hydrogen (secondary N) is 1. The third-order valence-corrected chi connectivity index (χ3v) is 4.04. The molecule has 8 heteroatoms. The van der Waals surface area contributed by atoms with E-state index in [4.69, 9.17) is 9.47 Å². The molecule has 0 aliphatic heterocycles. The zero-order valence-electron chi connectivity index (χ0n) is 15.7. The van der Waals surface area contributed by atoms with Crippen LogP contribution in [0.2, 0.25) is 0 Å². The standard InChI is InChI=1S/C21H17BrN2O5/c1-3-28-21(27)14-4-7-18(8-5-14)24-20(26)16(12-23)10-15-11-17(22)6-9-19(15)29-13(2)25/h4-11H,3H2,1-2H3,(H,24,26)/b16-10+. The van der Waals surface area contributed by atoms with Crippen molar-refractivity contribution in [3.8, 4) is 11.8 Å². The molecule has 1 amide bonds. The monoisotopic (exact) mass is 456 g/mol. The average Bonchev–Trinajstić information content (AvgIpc) is 2.68. The lowest BCUT2D eigenvalue weighted by Gasteiger charge is -2.08. The Labute approximate surface area is 176 Å². The first-order chi connectivity index (χ1) is 13.8. The first-order valence-electron chi connectivity index (χ1n) is 8.52. The molecule has 29 heavy (non-hydrogen) atoms. The largest absolute Gasteiger partial charge is 0.462 e. The molecule has 2 rings (SSSR count). The molecular weight excluding hydrogens is 440 g/mol. The highest BCUT2D eigenvalue weighted by atomic mass is 79.9. The number of anilines is 1. The lowest BCUT2D eigenvalue weighted by atomic mass is 10.1. The van der Waals surface area contributed by atoms with Crippen LogP contribution in [-0.4, -0.2) is 24.5 Å². The van der Waals surface area contributed by atoms with Crippen molar-refractivity contribution >= 4 is 45.5 Å². The molecule has 0 aromatic heterocycles. The van der Waals surface area contributed by atoms with Gasteiger partial charge in [-0.1, -0.05) is 15.9 Å². The van der Waals surface area contributed by atoms with Gasteiger partial charge in [-0.15, -0.1) is 0 Å². The molecule has 0 unspecified atom stereocenters.